The average molecular weight is 294 g/mol. The maximum atomic E-state index is 11.7. The third kappa shape index (κ3) is 5.23. The molecule has 1 aromatic rings. The molecule has 0 aliphatic rings. The fraction of sp³-hybridized carbons (Fsp3) is 0.357. The molecule has 0 atom stereocenters. The van der Waals surface area contributed by atoms with Crippen LogP contribution in [0.1, 0.15) is 24.2 Å². The summed E-state index contributed by atoms with van der Waals surface area (Å²) >= 11 is 0. The minimum absolute atomic E-state index is 0.0715. The van der Waals surface area contributed by atoms with E-state index in [0.29, 0.717) is 0 Å². The predicted molar refractivity (Wildman–Crippen MR) is 75.7 cm³/mol. The van der Waals surface area contributed by atoms with Gasteiger partial charge in [0.2, 0.25) is 0 Å². The lowest BCUT2D eigenvalue weighted by Gasteiger charge is -2.17. The molecule has 0 aliphatic carbocycles. The number of hydrogen-bond acceptors (Lipinski definition) is 5. The van der Waals surface area contributed by atoms with Crippen molar-refractivity contribution >= 4 is 23.5 Å². The second-order valence-corrected chi connectivity index (χ2v) is 4.99. The van der Waals surface area contributed by atoms with Crippen molar-refractivity contribution in [3.63, 3.8) is 0 Å². The van der Waals surface area contributed by atoms with E-state index >= 15 is 0 Å². The van der Waals surface area contributed by atoms with Crippen LogP contribution in [0.4, 0.5) is 5.69 Å². The van der Waals surface area contributed by atoms with E-state index in [9.17, 15) is 19.5 Å². The van der Waals surface area contributed by atoms with Gasteiger partial charge in [-0.25, -0.2) is 4.79 Å². The maximum absolute atomic E-state index is 11.7. The van der Waals surface area contributed by atoms with Gasteiger partial charge in [-0.3, -0.25) is 9.59 Å². The molecule has 7 nitrogen and oxygen atoms in total. The lowest BCUT2D eigenvalue weighted by atomic mass is 10.1. The number of aliphatic hydroxyl groups is 1. The van der Waals surface area contributed by atoms with Gasteiger partial charge in [-0.05, 0) is 26.0 Å². The minimum atomic E-state index is -1.13. The zero-order valence-electron chi connectivity index (χ0n) is 12.1. The summed E-state index contributed by atoms with van der Waals surface area (Å²) in [6, 6.07) is 6.16. The Morgan fingerprint density at radius 1 is 1.19 bits per heavy atom. The van der Waals surface area contributed by atoms with Crippen molar-refractivity contribution in [1.29, 1.82) is 0 Å². The first-order valence-electron chi connectivity index (χ1n) is 6.23. The van der Waals surface area contributed by atoms with Crippen molar-refractivity contribution in [2.75, 3.05) is 19.0 Å². The molecular weight excluding hydrogens is 276 g/mol. The smallest absolute Gasteiger partial charge is 0.339 e. The average Bonchev–Trinajstić information content (AvgIpc) is 2.43. The van der Waals surface area contributed by atoms with Crippen LogP contribution >= 0.6 is 0 Å². The summed E-state index contributed by atoms with van der Waals surface area (Å²) in [6.07, 6.45) is 0. The molecular formula is C14H18N2O5. The normalized spacial score (nSPS) is 10.7. The van der Waals surface area contributed by atoms with Crippen LogP contribution in [0.15, 0.2) is 24.3 Å². The van der Waals surface area contributed by atoms with Gasteiger partial charge in [0.15, 0.2) is 0 Å². The van der Waals surface area contributed by atoms with Crippen molar-refractivity contribution in [3.05, 3.63) is 29.8 Å². The largest absolute Gasteiger partial charge is 0.465 e. The molecule has 1 aromatic carbocycles. The molecule has 0 bridgehead atoms. The molecule has 0 unspecified atom stereocenters. The quantitative estimate of drug-likeness (QED) is 0.547. The van der Waals surface area contributed by atoms with E-state index in [1.54, 1.807) is 12.1 Å². The zero-order chi connectivity index (χ0) is 16.0. The molecule has 0 fully saturated rings. The lowest BCUT2D eigenvalue weighted by Crippen LogP contribution is -2.43. The zero-order valence-corrected chi connectivity index (χ0v) is 12.1. The molecule has 0 radical (unpaired) electrons. The number of carbonyl (C=O) groups excluding carboxylic acids is 3. The third-order valence-corrected chi connectivity index (χ3v) is 2.47. The second-order valence-electron chi connectivity index (χ2n) is 4.99. The van der Waals surface area contributed by atoms with Gasteiger partial charge in [0, 0.05) is 6.54 Å². The Kier molecular flexibility index (Phi) is 5.43. The molecule has 0 saturated carbocycles. The third-order valence-electron chi connectivity index (χ3n) is 2.47. The first-order valence-corrected chi connectivity index (χ1v) is 6.23. The van der Waals surface area contributed by atoms with Gasteiger partial charge in [-0.1, -0.05) is 12.1 Å². The highest BCUT2D eigenvalue weighted by Gasteiger charge is 2.20. The summed E-state index contributed by atoms with van der Waals surface area (Å²) in [7, 11) is 1.22. The Morgan fingerprint density at radius 3 is 2.38 bits per heavy atom. The van der Waals surface area contributed by atoms with Crippen LogP contribution in [-0.2, 0) is 14.3 Å². The highest BCUT2D eigenvalue weighted by Crippen LogP contribution is 2.15. The van der Waals surface area contributed by atoms with E-state index in [1.807, 2.05) is 0 Å². The number of amides is 2. The number of ether oxygens (including phenoxy) is 1. The van der Waals surface area contributed by atoms with Gasteiger partial charge in [0.05, 0.1) is 24.0 Å². The molecule has 2 amide bonds. The number of methoxy groups -OCH3 is 1. The van der Waals surface area contributed by atoms with Crippen LogP contribution in [0, 0.1) is 0 Å². The van der Waals surface area contributed by atoms with Gasteiger partial charge in [-0.15, -0.1) is 0 Å². The molecule has 3 N–H and O–H groups in total. The number of nitrogens with one attached hydrogen (secondary N) is 2. The van der Waals surface area contributed by atoms with Gasteiger partial charge >= 0.3 is 17.8 Å². The van der Waals surface area contributed by atoms with Crippen molar-refractivity contribution in [2.45, 2.75) is 19.4 Å². The first-order chi connectivity index (χ1) is 9.74. The monoisotopic (exact) mass is 294 g/mol. The minimum Gasteiger partial charge on any atom is -0.465 e. The highest BCUT2D eigenvalue weighted by molar-refractivity contribution is 6.40. The molecule has 21 heavy (non-hydrogen) atoms. The standard InChI is InChI=1S/C14H18N2O5/c1-14(2,20)8-15-11(17)12(18)16-10-7-5-4-6-9(10)13(19)21-3/h4-7,20H,8H2,1-3H3,(H,15,17)(H,16,18). The fourth-order valence-electron chi connectivity index (χ4n) is 1.44. The highest BCUT2D eigenvalue weighted by atomic mass is 16.5. The molecule has 7 heteroatoms. The number of rotatable bonds is 4. The Hall–Kier alpha value is -2.41. The van der Waals surface area contributed by atoms with Crippen molar-refractivity contribution in [2.24, 2.45) is 0 Å². The summed E-state index contributed by atoms with van der Waals surface area (Å²) in [4.78, 5) is 34.9. The van der Waals surface area contributed by atoms with Crippen LogP contribution in [-0.4, -0.2) is 42.1 Å². The summed E-state index contributed by atoms with van der Waals surface area (Å²) in [5.74, 6) is -2.46. The Labute approximate surface area is 122 Å². The van der Waals surface area contributed by atoms with E-state index in [2.05, 4.69) is 15.4 Å². The van der Waals surface area contributed by atoms with E-state index in [0.717, 1.165) is 0 Å². The van der Waals surface area contributed by atoms with E-state index in [-0.39, 0.29) is 17.8 Å². The van der Waals surface area contributed by atoms with Crippen molar-refractivity contribution in [3.8, 4) is 0 Å². The Morgan fingerprint density at radius 2 is 1.81 bits per heavy atom. The van der Waals surface area contributed by atoms with Gasteiger partial charge in [0.25, 0.3) is 0 Å². The Bertz CT molecular complexity index is 549. The predicted octanol–water partition coefficient (Wildman–Crippen LogP) is 0.299. The second kappa shape index (κ2) is 6.85. The van der Waals surface area contributed by atoms with Gasteiger partial charge in [-0.2, -0.15) is 0 Å². The lowest BCUT2D eigenvalue weighted by molar-refractivity contribution is -0.136. The van der Waals surface area contributed by atoms with Gasteiger partial charge in [0.1, 0.15) is 0 Å². The first kappa shape index (κ1) is 16.6. The van der Waals surface area contributed by atoms with E-state index in [4.69, 9.17) is 0 Å². The SMILES string of the molecule is COC(=O)c1ccccc1NC(=O)C(=O)NCC(C)(C)O. The molecule has 0 aliphatic heterocycles. The topological polar surface area (TPSA) is 105 Å². The number of esters is 1. The number of hydrogen-bond donors (Lipinski definition) is 3. The van der Waals surface area contributed by atoms with E-state index in [1.165, 1.54) is 33.1 Å². The molecule has 0 aromatic heterocycles. The van der Waals surface area contributed by atoms with Gasteiger partial charge < -0.3 is 20.5 Å². The number of anilines is 1. The van der Waals surface area contributed by atoms with Crippen LogP contribution in [0.5, 0.6) is 0 Å². The Balaban J connectivity index is 2.75. The molecule has 1 rings (SSSR count). The molecule has 114 valence electrons. The number of carbonyl (C=O) groups is 3. The molecule has 0 saturated heterocycles. The molecule has 0 heterocycles. The summed E-state index contributed by atoms with van der Waals surface area (Å²) in [5.41, 5.74) is -0.809. The summed E-state index contributed by atoms with van der Waals surface area (Å²) < 4.78 is 4.59. The molecule has 0 spiro atoms. The number of benzene rings is 1. The fourth-order valence-corrected chi connectivity index (χ4v) is 1.44. The van der Waals surface area contributed by atoms with Crippen LogP contribution < -0.4 is 10.6 Å². The summed E-state index contributed by atoms with van der Waals surface area (Å²) in [6.45, 7) is 2.92. The maximum Gasteiger partial charge on any atom is 0.339 e. The van der Waals surface area contributed by atoms with Crippen molar-refractivity contribution in [1.82, 2.24) is 5.32 Å². The van der Waals surface area contributed by atoms with E-state index < -0.39 is 23.4 Å². The summed E-state index contributed by atoms with van der Waals surface area (Å²) in [5, 5.41) is 14.1. The van der Waals surface area contributed by atoms with Crippen LogP contribution in [0.3, 0.4) is 0 Å². The van der Waals surface area contributed by atoms with Crippen molar-refractivity contribution < 1.29 is 24.2 Å². The van der Waals surface area contributed by atoms with Crippen LogP contribution in [0.2, 0.25) is 0 Å². The number of para-hydroxylation sites is 1. The van der Waals surface area contributed by atoms with Crippen LogP contribution in [0.25, 0.3) is 0 Å².